The number of benzene rings is 2. The van der Waals surface area contributed by atoms with Crippen LogP contribution < -0.4 is 14.2 Å². The number of carboxylic acid groups (broad SMARTS) is 2. The smallest absolute Gasteiger partial charge is 0.399 e. The van der Waals surface area contributed by atoms with E-state index in [1.54, 1.807) is 12.3 Å². The largest absolute Gasteiger partial charge is 0.478 e. The van der Waals surface area contributed by atoms with Crippen LogP contribution in [0.3, 0.4) is 0 Å². The first-order chi connectivity index (χ1) is 17.5. The third-order valence-electron chi connectivity index (χ3n) is 6.22. The average Bonchev–Trinajstić information content (AvgIpc) is 3.04. The highest BCUT2D eigenvalue weighted by Crippen LogP contribution is 2.38. The van der Waals surface area contributed by atoms with Gasteiger partial charge < -0.3 is 14.9 Å². The van der Waals surface area contributed by atoms with Crippen molar-refractivity contribution in [2.24, 2.45) is 0 Å². The van der Waals surface area contributed by atoms with Crippen molar-refractivity contribution in [3.8, 4) is 11.5 Å². The van der Waals surface area contributed by atoms with Crippen LogP contribution in [0.4, 0.5) is 5.95 Å². The molecule has 1 saturated heterocycles. The van der Waals surface area contributed by atoms with Gasteiger partial charge in [0.05, 0.1) is 25.4 Å². The molecule has 5 rings (SSSR count). The molecular weight excluding hydrogens is 460 g/mol. The Kier molecular flexibility index (Phi) is 6.46. The minimum Gasteiger partial charge on any atom is -0.478 e. The molecule has 9 heteroatoms. The van der Waals surface area contributed by atoms with Crippen molar-refractivity contribution < 1.29 is 29.1 Å². The van der Waals surface area contributed by atoms with E-state index in [0.717, 1.165) is 47.8 Å². The number of hydrogen-bond donors (Lipinski definition) is 2. The van der Waals surface area contributed by atoms with Crippen LogP contribution in [0.5, 0.6) is 11.5 Å². The normalized spacial score (nSPS) is 15.7. The van der Waals surface area contributed by atoms with Gasteiger partial charge in [0.25, 0.3) is 0 Å². The van der Waals surface area contributed by atoms with Gasteiger partial charge in [-0.1, -0.05) is 41.4 Å². The van der Waals surface area contributed by atoms with Crippen molar-refractivity contribution in [2.45, 2.75) is 0 Å². The third kappa shape index (κ3) is 4.82. The van der Waals surface area contributed by atoms with E-state index in [1.165, 1.54) is 10.8 Å². The van der Waals surface area contributed by atoms with Crippen LogP contribution in [0, 0.1) is 0 Å². The molecular formula is C27H25N4O5+. The molecule has 0 aliphatic carbocycles. The molecule has 3 aromatic rings. The number of aliphatic carboxylic acids is 2. The summed E-state index contributed by atoms with van der Waals surface area (Å²) in [5, 5.41) is 18.7. The van der Waals surface area contributed by atoms with E-state index in [-0.39, 0.29) is 5.70 Å². The SMILES string of the molecule is O=C(O)/C=C(\C(=O)O)[n+]1cccnc1N1CCN(CC2=Cc3ccccc3Oc3ccccc32)CC1. The van der Waals surface area contributed by atoms with Gasteiger partial charge in [0.1, 0.15) is 17.7 Å². The third-order valence-corrected chi connectivity index (χ3v) is 6.22. The summed E-state index contributed by atoms with van der Waals surface area (Å²) in [6.45, 7) is 3.40. The second-order valence-corrected chi connectivity index (χ2v) is 8.53. The molecule has 0 atom stereocenters. The van der Waals surface area contributed by atoms with Gasteiger partial charge in [-0.05, 0) is 23.8 Å². The summed E-state index contributed by atoms with van der Waals surface area (Å²) in [7, 11) is 0. The molecule has 3 heterocycles. The molecule has 1 aromatic heterocycles. The second-order valence-electron chi connectivity index (χ2n) is 8.53. The number of carbonyl (C=O) groups is 2. The Morgan fingerprint density at radius 3 is 2.44 bits per heavy atom. The number of piperazine rings is 1. The standard InChI is InChI=1S/C27H24N4O5/c32-25(33)17-22(26(34)35)31-11-5-10-28-27(31)30-14-12-29(13-15-30)18-20-16-19-6-1-3-8-23(19)36-24-9-4-2-7-21(20)24/h1-11,16-17H,12-15,18H2,(H-,32,33,34,35)/p+1/b22-17+. The Morgan fingerprint density at radius 1 is 0.972 bits per heavy atom. The molecule has 2 N–H and O–H groups in total. The maximum atomic E-state index is 11.7. The summed E-state index contributed by atoms with van der Waals surface area (Å²) in [5.41, 5.74) is 2.88. The van der Waals surface area contributed by atoms with Crippen molar-refractivity contribution in [3.05, 3.63) is 84.2 Å². The van der Waals surface area contributed by atoms with Gasteiger partial charge in [-0.2, -0.15) is 4.57 Å². The number of rotatable bonds is 6. The monoisotopic (exact) mass is 485 g/mol. The van der Waals surface area contributed by atoms with Crippen molar-refractivity contribution in [1.82, 2.24) is 9.88 Å². The molecule has 36 heavy (non-hydrogen) atoms. The summed E-state index contributed by atoms with van der Waals surface area (Å²) in [4.78, 5) is 31.6. The minimum atomic E-state index is -1.34. The number of carboxylic acids is 2. The topological polar surface area (TPSA) is 107 Å². The quantitative estimate of drug-likeness (QED) is 0.406. The summed E-state index contributed by atoms with van der Waals surface area (Å²) in [6, 6.07) is 17.6. The fourth-order valence-electron chi connectivity index (χ4n) is 4.51. The van der Waals surface area contributed by atoms with Crippen LogP contribution in [0.2, 0.25) is 0 Å². The molecule has 0 bridgehead atoms. The van der Waals surface area contributed by atoms with Crippen molar-refractivity contribution in [1.29, 1.82) is 0 Å². The number of anilines is 1. The van der Waals surface area contributed by atoms with Crippen LogP contribution in [0.25, 0.3) is 17.3 Å². The van der Waals surface area contributed by atoms with Crippen molar-refractivity contribution in [3.63, 3.8) is 0 Å². The van der Waals surface area contributed by atoms with Crippen molar-refractivity contribution in [2.75, 3.05) is 37.6 Å². The van der Waals surface area contributed by atoms with Gasteiger partial charge in [0.2, 0.25) is 0 Å². The van der Waals surface area contributed by atoms with Crippen LogP contribution in [-0.2, 0) is 9.59 Å². The molecule has 0 spiro atoms. The first-order valence-electron chi connectivity index (χ1n) is 11.6. The number of nitrogens with zero attached hydrogens (tertiary/aromatic N) is 4. The summed E-state index contributed by atoms with van der Waals surface area (Å²) in [6.07, 6.45) is 5.95. The molecule has 1 fully saturated rings. The summed E-state index contributed by atoms with van der Waals surface area (Å²) in [5.74, 6) is -0.617. The average molecular weight is 486 g/mol. The second kappa shape index (κ2) is 10.0. The molecule has 9 nitrogen and oxygen atoms in total. The Morgan fingerprint density at radius 2 is 1.69 bits per heavy atom. The lowest BCUT2D eigenvalue weighted by Crippen LogP contribution is -2.52. The Balaban J connectivity index is 1.36. The molecule has 0 unspecified atom stereocenters. The minimum absolute atomic E-state index is 0.369. The predicted molar refractivity (Wildman–Crippen MR) is 133 cm³/mol. The summed E-state index contributed by atoms with van der Waals surface area (Å²) >= 11 is 0. The first-order valence-corrected chi connectivity index (χ1v) is 11.6. The molecule has 0 amide bonds. The molecule has 0 saturated carbocycles. The fourth-order valence-corrected chi connectivity index (χ4v) is 4.51. The van der Waals surface area contributed by atoms with Gasteiger partial charge in [-0.15, -0.1) is 0 Å². The molecule has 2 aliphatic rings. The van der Waals surface area contributed by atoms with Gasteiger partial charge >= 0.3 is 17.9 Å². The van der Waals surface area contributed by atoms with Gasteiger partial charge in [-0.3, -0.25) is 9.80 Å². The highest BCUT2D eigenvalue weighted by atomic mass is 16.5. The van der Waals surface area contributed by atoms with E-state index in [1.807, 2.05) is 47.4 Å². The Labute approximate surface area is 207 Å². The molecule has 182 valence electrons. The number of para-hydroxylation sites is 2. The summed E-state index contributed by atoms with van der Waals surface area (Å²) < 4.78 is 7.50. The van der Waals surface area contributed by atoms with Crippen LogP contribution in [0.15, 0.2) is 73.1 Å². The van der Waals surface area contributed by atoms with Crippen LogP contribution >= 0.6 is 0 Å². The molecule has 0 radical (unpaired) electrons. The van der Waals surface area contributed by atoms with Gasteiger partial charge in [0, 0.05) is 36.8 Å². The van der Waals surface area contributed by atoms with Gasteiger partial charge in [-0.25, -0.2) is 9.59 Å². The lowest BCUT2D eigenvalue weighted by atomic mass is 10.0. The zero-order valence-electron chi connectivity index (χ0n) is 19.4. The number of aromatic nitrogens is 2. The van der Waals surface area contributed by atoms with E-state index in [9.17, 15) is 14.7 Å². The van der Waals surface area contributed by atoms with Gasteiger partial charge in [0.15, 0.2) is 5.70 Å². The number of fused-ring (bicyclic) bond motifs is 2. The van der Waals surface area contributed by atoms with E-state index in [2.05, 4.69) is 22.0 Å². The highest BCUT2D eigenvalue weighted by molar-refractivity contribution is 6.10. The first kappa shape index (κ1) is 23.3. The highest BCUT2D eigenvalue weighted by Gasteiger charge is 2.30. The van der Waals surface area contributed by atoms with E-state index < -0.39 is 11.9 Å². The lowest BCUT2D eigenvalue weighted by molar-refractivity contribution is -0.568. The molecule has 2 aromatic carbocycles. The van der Waals surface area contributed by atoms with E-state index in [0.29, 0.717) is 25.1 Å². The number of hydrogen-bond acceptors (Lipinski definition) is 6. The zero-order valence-corrected chi connectivity index (χ0v) is 19.4. The Hall–Kier alpha value is -4.50. The van der Waals surface area contributed by atoms with E-state index in [4.69, 9.17) is 9.84 Å². The maximum absolute atomic E-state index is 11.7. The fraction of sp³-hybridized carbons (Fsp3) is 0.185. The zero-order chi connectivity index (χ0) is 25.1. The van der Waals surface area contributed by atoms with Crippen molar-refractivity contribution >= 4 is 35.2 Å². The maximum Gasteiger partial charge on any atom is 0.399 e. The van der Waals surface area contributed by atoms with Crippen LogP contribution in [0.1, 0.15) is 11.1 Å². The predicted octanol–water partition coefficient (Wildman–Crippen LogP) is 2.85. The van der Waals surface area contributed by atoms with E-state index >= 15 is 0 Å². The lowest BCUT2D eigenvalue weighted by Gasteiger charge is -2.32. The Bertz CT molecular complexity index is 1380. The van der Waals surface area contributed by atoms with Crippen LogP contribution in [-0.4, -0.2) is 64.8 Å². The molecule has 2 aliphatic heterocycles. The number of ether oxygens (including phenoxy) is 1.